The van der Waals surface area contributed by atoms with E-state index in [2.05, 4.69) is 26.9 Å². The summed E-state index contributed by atoms with van der Waals surface area (Å²) in [5.74, 6) is 1.54. The third-order valence-corrected chi connectivity index (χ3v) is 4.45. The maximum Gasteiger partial charge on any atom is 0.155 e. The van der Waals surface area contributed by atoms with Crippen LogP contribution in [0.3, 0.4) is 0 Å². The molecule has 0 aliphatic heterocycles. The first-order valence-electron chi connectivity index (χ1n) is 8.34. The summed E-state index contributed by atoms with van der Waals surface area (Å²) in [5.41, 5.74) is 2.21. The van der Waals surface area contributed by atoms with Crippen LogP contribution in [0.5, 0.6) is 0 Å². The Labute approximate surface area is 155 Å². The molecule has 26 heavy (non-hydrogen) atoms. The third-order valence-electron chi connectivity index (χ3n) is 4.25. The number of likely N-dealkylation sites (N-methyl/N-ethyl adjacent to an activating group) is 1. The highest BCUT2D eigenvalue weighted by Gasteiger charge is 2.17. The normalized spacial score (nSPS) is 11.5. The van der Waals surface area contributed by atoms with Gasteiger partial charge < -0.3 is 14.1 Å². The van der Waals surface area contributed by atoms with Crippen LogP contribution < -0.4 is 4.90 Å². The molecule has 0 radical (unpaired) electrons. The van der Waals surface area contributed by atoms with E-state index in [-0.39, 0.29) is 0 Å². The lowest BCUT2D eigenvalue weighted by Crippen LogP contribution is -2.27. The van der Waals surface area contributed by atoms with Crippen molar-refractivity contribution in [2.45, 2.75) is 6.92 Å². The molecule has 8 heteroatoms. The SMILES string of the molecule is CCN(CCOC)c1nccc2oc(-c3cnc4ccc(Cl)nn34)cc12. The van der Waals surface area contributed by atoms with Gasteiger partial charge in [0.05, 0.1) is 18.2 Å². The first kappa shape index (κ1) is 16.8. The number of halogens is 1. The van der Waals surface area contributed by atoms with Gasteiger partial charge in [0.25, 0.3) is 0 Å². The van der Waals surface area contributed by atoms with Crippen LogP contribution in [0.15, 0.2) is 41.1 Å². The minimum atomic E-state index is 0.395. The van der Waals surface area contributed by atoms with E-state index in [4.69, 9.17) is 20.8 Å². The molecule has 0 amide bonds. The molecule has 0 spiro atoms. The van der Waals surface area contributed by atoms with E-state index >= 15 is 0 Å². The number of methoxy groups -OCH3 is 1. The van der Waals surface area contributed by atoms with Gasteiger partial charge >= 0.3 is 0 Å². The van der Waals surface area contributed by atoms with Crippen molar-refractivity contribution in [3.63, 3.8) is 0 Å². The van der Waals surface area contributed by atoms with Crippen LogP contribution in [0, 0.1) is 0 Å². The predicted octanol–water partition coefficient (Wildman–Crippen LogP) is 3.66. The second-order valence-corrected chi connectivity index (χ2v) is 6.19. The van der Waals surface area contributed by atoms with Gasteiger partial charge in [-0.05, 0) is 31.2 Å². The number of fused-ring (bicyclic) bond motifs is 2. The number of rotatable bonds is 6. The van der Waals surface area contributed by atoms with Gasteiger partial charge in [-0.2, -0.15) is 5.10 Å². The molecule has 4 aromatic rings. The summed E-state index contributed by atoms with van der Waals surface area (Å²) >= 11 is 6.03. The van der Waals surface area contributed by atoms with Gasteiger partial charge in [-0.25, -0.2) is 14.5 Å². The first-order chi connectivity index (χ1) is 12.7. The maximum atomic E-state index is 6.06. The number of hydrogen-bond acceptors (Lipinski definition) is 6. The Morgan fingerprint density at radius 3 is 2.96 bits per heavy atom. The summed E-state index contributed by atoms with van der Waals surface area (Å²) in [6.45, 7) is 4.30. The average molecular weight is 372 g/mol. The number of anilines is 1. The minimum Gasteiger partial charge on any atom is -0.454 e. The van der Waals surface area contributed by atoms with Gasteiger partial charge in [0.2, 0.25) is 0 Å². The first-order valence-corrected chi connectivity index (χ1v) is 8.72. The highest BCUT2D eigenvalue weighted by atomic mass is 35.5. The van der Waals surface area contributed by atoms with Gasteiger partial charge in [0, 0.05) is 26.4 Å². The second kappa shape index (κ2) is 6.93. The Kier molecular flexibility index (Phi) is 4.48. The van der Waals surface area contributed by atoms with Gasteiger partial charge in [0.15, 0.2) is 11.4 Å². The topological polar surface area (TPSA) is 68.7 Å². The van der Waals surface area contributed by atoms with Crippen molar-refractivity contribution in [1.29, 1.82) is 0 Å². The molecular weight excluding hydrogens is 354 g/mol. The molecule has 0 saturated heterocycles. The Morgan fingerprint density at radius 1 is 1.27 bits per heavy atom. The maximum absolute atomic E-state index is 6.06. The molecule has 7 nitrogen and oxygen atoms in total. The molecule has 0 saturated carbocycles. The number of furan rings is 1. The van der Waals surface area contributed by atoms with E-state index in [0.717, 1.165) is 35.6 Å². The van der Waals surface area contributed by atoms with E-state index in [0.29, 0.717) is 23.2 Å². The molecule has 0 fully saturated rings. The molecule has 0 aliphatic rings. The summed E-state index contributed by atoms with van der Waals surface area (Å²) in [5, 5.41) is 5.65. The fourth-order valence-electron chi connectivity index (χ4n) is 2.96. The molecule has 4 rings (SSSR count). The van der Waals surface area contributed by atoms with Gasteiger partial charge in [-0.1, -0.05) is 11.6 Å². The molecule has 0 unspecified atom stereocenters. The second-order valence-electron chi connectivity index (χ2n) is 5.80. The van der Waals surface area contributed by atoms with Crippen molar-refractivity contribution in [2.24, 2.45) is 0 Å². The van der Waals surface area contributed by atoms with Crippen molar-refractivity contribution in [1.82, 2.24) is 19.6 Å². The van der Waals surface area contributed by atoms with Crippen molar-refractivity contribution >= 4 is 34.0 Å². The number of ether oxygens (including phenoxy) is 1. The van der Waals surface area contributed by atoms with Crippen LogP contribution in [-0.4, -0.2) is 46.4 Å². The molecule has 4 heterocycles. The van der Waals surface area contributed by atoms with Gasteiger partial charge in [-0.3, -0.25) is 0 Å². The summed E-state index contributed by atoms with van der Waals surface area (Å²) in [7, 11) is 1.70. The van der Waals surface area contributed by atoms with Gasteiger partial charge in [0.1, 0.15) is 22.2 Å². The van der Waals surface area contributed by atoms with E-state index in [1.807, 2.05) is 18.2 Å². The largest absolute Gasteiger partial charge is 0.454 e. The van der Waals surface area contributed by atoms with E-state index in [1.54, 1.807) is 30.1 Å². The van der Waals surface area contributed by atoms with E-state index < -0.39 is 0 Å². The smallest absolute Gasteiger partial charge is 0.155 e. The highest BCUT2D eigenvalue weighted by Crippen LogP contribution is 2.32. The lowest BCUT2D eigenvalue weighted by atomic mass is 10.2. The zero-order valence-electron chi connectivity index (χ0n) is 14.5. The zero-order valence-corrected chi connectivity index (χ0v) is 15.3. The summed E-state index contributed by atoms with van der Waals surface area (Å²) < 4.78 is 12.9. The molecule has 0 bridgehead atoms. The van der Waals surface area contributed by atoms with Crippen LogP contribution in [0.4, 0.5) is 5.82 Å². The number of nitrogens with zero attached hydrogens (tertiary/aromatic N) is 5. The van der Waals surface area contributed by atoms with Crippen LogP contribution >= 0.6 is 11.6 Å². The molecule has 134 valence electrons. The number of imidazole rings is 1. The molecule has 4 aromatic heterocycles. The van der Waals surface area contributed by atoms with Crippen LogP contribution in [0.2, 0.25) is 5.15 Å². The quantitative estimate of drug-likeness (QED) is 0.515. The van der Waals surface area contributed by atoms with Gasteiger partial charge in [-0.15, -0.1) is 0 Å². The molecule has 0 N–H and O–H groups in total. The molecule has 0 aliphatic carbocycles. The third kappa shape index (κ3) is 2.89. The van der Waals surface area contributed by atoms with Crippen molar-refractivity contribution in [3.8, 4) is 11.5 Å². The molecule has 0 aromatic carbocycles. The summed E-state index contributed by atoms with van der Waals surface area (Å²) in [6, 6.07) is 7.36. The number of aromatic nitrogens is 4. The molecule has 0 atom stereocenters. The van der Waals surface area contributed by atoms with Crippen molar-refractivity contribution in [3.05, 3.63) is 41.8 Å². The zero-order chi connectivity index (χ0) is 18.1. The molecular formula is C18H18ClN5O2. The lowest BCUT2D eigenvalue weighted by molar-refractivity contribution is 0.205. The van der Waals surface area contributed by atoms with Crippen LogP contribution in [0.25, 0.3) is 28.1 Å². The van der Waals surface area contributed by atoms with Crippen LogP contribution in [0.1, 0.15) is 6.92 Å². The highest BCUT2D eigenvalue weighted by molar-refractivity contribution is 6.29. The summed E-state index contributed by atoms with van der Waals surface area (Å²) in [6.07, 6.45) is 3.48. The lowest BCUT2D eigenvalue weighted by Gasteiger charge is -2.21. The Hall–Kier alpha value is -2.64. The average Bonchev–Trinajstić information content (AvgIpc) is 3.25. The number of hydrogen-bond donors (Lipinski definition) is 0. The fourth-order valence-corrected chi connectivity index (χ4v) is 3.10. The summed E-state index contributed by atoms with van der Waals surface area (Å²) in [4.78, 5) is 11.1. The standard InChI is InChI=1S/C18H18ClN5O2/c1-3-23(8-9-25-2)18-12-10-15(26-14(12)6-7-20-18)13-11-21-17-5-4-16(19)22-24(13)17/h4-7,10-11H,3,8-9H2,1-2H3. The Bertz CT molecular complexity index is 1060. The van der Waals surface area contributed by atoms with Crippen molar-refractivity contribution < 1.29 is 9.15 Å². The number of pyridine rings is 1. The Balaban J connectivity index is 1.82. The van der Waals surface area contributed by atoms with E-state index in [9.17, 15) is 0 Å². The monoisotopic (exact) mass is 371 g/mol. The predicted molar refractivity (Wildman–Crippen MR) is 101 cm³/mol. The van der Waals surface area contributed by atoms with Crippen LogP contribution in [-0.2, 0) is 4.74 Å². The fraction of sp³-hybridized carbons (Fsp3) is 0.278. The minimum absolute atomic E-state index is 0.395. The van der Waals surface area contributed by atoms with Crippen molar-refractivity contribution in [2.75, 3.05) is 31.7 Å². The van der Waals surface area contributed by atoms with E-state index in [1.165, 1.54) is 0 Å². The Morgan fingerprint density at radius 2 is 2.15 bits per heavy atom.